The Labute approximate surface area is 398 Å². The summed E-state index contributed by atoms with van der Waals surface area (Å²) in [6, 6.07) is -0.554. The Morgan fingerprint density at radius 1 is 0.438 bits per heavy atom. The van der Waals surface area contributed by atoms with E-state index >= 15 is 0 Å². The molecule has 0 aliphatic rings. The van der Waals surface area contributed by atoms with Crippen LogP contribution in [0, 0.1) is 0 Å². The van der Waals surface area contributed by atoms with Crippen LogP contribution in [-0.2, 0) is 14.3 Å². The Kier molecular flexibility index (Phi) is 52.1. The van der Waals surface area contributed by atoms with Crippen LogP contribution >= 0.6 is 0 Å². The molecule has 376 valence electrons. The van der Waals surface area contributed by atoms with E-state index in [9.17, 15) is 19.8 Å². The van der Waals surface area contributed by atoms with Crippen LogP contribution in [0.1, 0.15) is 296 Å². The van der Waals surface area contributed by atoms with Gasteiger partial charge in [0.25, 0.3) is 0 Å². The van der Waals surface area contributed by atoms with Crippen molar-refractivity contribution >= 4 is 11.9 Å². The second-order valence-electron chi connectivity index (χ2n) is 19.3. The molecule has 6 heteroatoms. The number of ether oxygens (including phenoxy) is 1. The first kappa shape index (κ1) is 62.1. The summed E-state index contributed by atoms with van der Waals surface area (Å²) in [5, 5.41) is 23.2. The first-order chi connectivity index (χ1) is 31.5. The zero-order valence-corrected chi connectivity index (χ0v) is 42.8. The van der Waals surface area contributed by atoms with Gasteiger partial charge in [-0.25, -0.2) is 0 Å². The van der Waals surface area contributed by atoms with Gasteiger partial charge in [-0.05, 0) is 83.5 Å². The number of rotatable bonds is 52. The number of aliphatic hydroxyl groups is 2. The van der Waals surface area contributed by atoms with Gasteiger partial charge in [0.2, 0.25) is 5.91 Å². The van der Waals surface area contributed by atoms with Crippen molar-refractivity contribution in [3.8, 4) is 0 Å². The molecule has 0 aliphatic heterocycles. The van der Waals surface area contributed by atoms with Crippen LogP contribution in [0.15, 0.2) is 36.5 Å². The molecule has 6 nitrogen and oxygen atoms in total. The number of nitrogens with one attached hydrogen (secondary N) is 1. The average Bonchev–Trinajstić information content (AvgIpc) is 3.29. The van der Waals surface area contributed by atoms with Crippen molar-refractivity contribution in [3.63, 3.8) is 0 Å². The summed E-state index contributed by atoms with van der Waals surface area (Å²) in [4.78, 5) is 24.5. The van der Waals surface area contributed by atoms with E-state index in [4.69, 9.17) is 4.74 Å². The molecule has 0 aromatic heterocycles. The van der Waals surface area contributed by atoms with Crippen molar-refractivity contribution in [2.75, 3.05) is 13.2 Å². The minimum Gasteiger partial charge on any atom is -0.466 e. The number of esters is 1. The molecule has 64 heavy (non-hydrogen) atoms. The number of aliphatic hydroxyl groups excluding tert-OH is 2. The van der Waals surface area contributed by atoms with Crippen molar-refractivity contribution in [1.82, 2.24) is 5.32 Å². The van der Waals surface area contributed by atoms with E-state index in [0.717, 1.165) is 70.6 Å². The molecular formula is C58H109NO5. The molecule has 0 aromatic carbocycles. The predicted octanol–water partition coefficient (Wildman–Crippen LogP) is 17.2. The van der Waals surface area contributed by atoms with Gasteiger partial charge in [-0.15, -0.1) is 0 Å². The lowest BCUT2D eigenvalue weighted by molar-refractivity contribution is -0.143. The molecule has 2 atom stereocenters. The highest BCUT2D eigenvalue weighted by molar-refractivity contribution is 5.76. The van der Waals surface area contributed by atoms with E-state index in [1.807, 2.05) is 0 Å². The molecular weight excluding hydrogens is 791 g/mol. The summed E-state index contributed by atoms with van der Waals surface area (Å²) in [5.74, 6) is -0.0685. The van der Waals surface area contributed by atoms with Gasteiger partial charge in [0.15, 0.2) is 0 Å². The standard InChI is InChI=1S/C58H109NO5/c1-3-5-7-9-11-13-15-17-19-24-28-32-36-40-44-48-52-58(63)64-53-49-45-41-37-33-29-25-21-20-23-27-31-35-39-43-47-51-57(62)59-55(54-60)56(61)50-46-42-38-34-30-26-22-18-16-14-12-10-8-6-4-2/h13,15,19-20,23-24,55-56,60-61H,3-12,14,16-18,21-22,25-54H2,1-2H3,(H,59,62)/b15-13-,23-20-,24-19-. The van der Waals surface area contributed by atoms with Crippen LogP contribution in [0.2, 0.25) is 0 Å². The molecule has 0 fully saturated rings. The minimum atomic E-state index is -0.675. The van der Waals surface area contributed by atoms with Crippen LogP contribution in [0.25, 0.3) is 0 Å². The van der Waals surface area contributed by atoms with Gasteiger partial charge in [-0.2, -0.15) is 0 Å². The summed E-state index contributed by atoms with van der Waals surface area (Å²) < 4.78 is 5.46. The third-order valence-electron chi connectivity index (χ3n) is 12.9. The smallest absolute Gasteiger partial charge is 0.305 e. The van der Waals surface area contributed by atoms with Crippen molar-refractivity contribution in [1.29, 1.82) is 0 Å². The lowest BCUT2D eigenvalue weighted by atomic mass is 10.0. The maximum Gasteiger partial charge on any atom is 0.305 e. The molecule has 0 aromatic rings. The van der Waals surface area contributed by atoms with Gasteiger partial charge >= 0.3 is 5.97 Å². The number of carbonyl (C=O) groups is 2. The largest absolute Gasteiger partial charge is 0.466 e. The summed E-state index contributed by atoms with van der Waals surface area (Å²) in [5.41, 5.74) is 0. The average molecular weight is 901 g/mol. The van der Waals surface area contributed by atoms with Crippen molar-refractivity contribution in [3.05, 3.63) is 36.5 Å². The summed E-state index contributed by atoms with van der Waals surface area (Å²) in [6.07, 6.45) is 65.5. The molecule has 0 radical (unpaired) electrons. The summed E-state index contributed by atoms with van der Waals surface area (Å²) >= 11 is 0. The van der Waals surface area contributed by atoms with Crippen LogP contribution in [0.4, 0.5) is 0 Å². The van der Waals surface area contributed by atoms with E-state index in [1.165, 1.54) is 193 Å². The number of unbranched alkanes of at least 4 members (excludes halogenated alkanes) is 35. The molecule has 0 saturated carbocycles. The Bertz CT molecular complexity index is 1040. The fraction of sp³-hybridized carbons (Fsp3) is 0.862. The normalized spacial score (nSPS) is 12.9. The second kappa shape index (κ2) is 53.7. The number of allylic oxidation sites excluding steroid dienone is 6. The van der Waals surface area contributed by atoms with Gasteiger partial charge < -0.3 is 20.3 Å². The van der Waals surface area contributed by atoms with E-state index in [1.54, 1.807) is 0 Å². The van der Waals surface area contributed by atoms with Crippen LogP contribution in [0.3, 0.4) is 0 Å². The molecule has 3 N–H and O–H groups in total. The quantitative estimate of drug-likeness (QED) is 0.0321. The molecule has 2 unspecified atom stereocenters. The highest BCUT2D eigenvalue weighted by Crippen LogP contribution is 2.16. The highest BCUT2D eigenvalue weighted by atomic mass is 16.5. The number of amides is 1. The van der Waals surface area contributed by atoms with Gasteiger partial charge in [0, 0.05) is 12.8 Å². The highest BCUT2D eigenvalue weighted by Gasteiger charge is 2.20. The summed E-state index contributed by atoms with van der Waals surface area (Å²) in [7, 11) is 0. The fourth-order valence-electron chi connectivity index (χ4n) is 8.55. The van der Waals surface area contributed by atoms with E-state index in [2.05, 4.69) is 55.6 Å². The maximum absolute atomic E-state index is 12.5. The van der Waals surface area contributed by atoms with Gasteiger partial charge in [0.05, 0.1) is 25.4 Å². The third kappa shape index (κ3) is 49.5. The molecule has 0 aliphatic carbocycles. The molecule has 0 rings (SSSR count). The van der Waals surface area contributed by atoms with E-state index < -0.39 is 12.1 Å². The Morgan fingerprint density at radius 3 is 1.22 bits per heavy atom. The maximum atomic E-state index is 12.5. The van der Waals surface area contributed by atoms with E-state index in [-0.39, 0.29) is 18.5 Å². The molecule has 0 heterocycles. The lowest BCUT2D eigenvalue weighted by Gasteiger charge is -2.22. The topological polar surface area (TPSA) is 95.9 Å². The van der Waals surface area contributed by atoms with Crippen molar-refractivity contribution in [2.45, 2.75) is 309 Å². The van der Waals surface area contributed by atoms with Crippen molar-refractivity contribution in [2.24, 2.45) is 0 Å². The monoisotopic (exact) mass is 900 g/mol. The number of hydrogen-bond donors (Lipinski definition) is 3. The zero-order valence-electron chi connectivity index (χ0n) is 42.8. The van der Waals surface area contributed by atoms with Gasteiger partial charge in [-0.1, -0.05) is 237 Å². The number of carbonyl (C=O) groups excluding carboxylic acids is 2. The summed E-state index contributed by atoms with van der Waals surface area (Å²) in [6.45, 7) is 4.91. The molecule has 0 bridgehead atoms. The Balaban J connectivity index is 3.48. The lowest BCUT2D eigenvalue weighted by Crippen LogP contribution is -2.45. The Morgan fingerprint density at radius 2 is 0.781 bits per heavy atom. The SMILES string of the molecule is CCCCCC/C=C\C/C=C\CCCCCCCC(=O)OCCCCCCCCC/C=C\CCCCCCCC(=O)NC(CO)C(O)CCCCCCCCCCCCCCCCC. The first-order valence-electron chi connectivity index (χ1n) is 28.2. The van der Waals surface area contributed by atoms with Crippen LogP contribution < -0.4 is 5.32 Å². The van der Waals surface area contributed by atoms with E-state index in [0.29, 0.717) is 25.9 Å². The molecule has 0 spiro atoms. The minimum absolute atomic E-state index is 0.0164. The second-order valence-corrected chi connectivity index (χ2v) is 19.3. The molecule has 0 saturated heterocycles. The Hall–Kier alpha value is -1.92. The number of hydrogen-bond acceptors (Lipinski definition) is 5. The van der Waals surface area contributed by atoms with Gasteiger partial charge in [0.1, 0.15) is 0 Å². The van der Waals surface area contributed by atoms with Crippen molar-refractivity contribution < 1.29 is 24.5 Å². The first-order valence-corrected chi connectivity index (χ1v) is 28.2. The predicted molar refractivity (Wildman–Crippen MR) is 278 cm³/mol. The van der Waals surface area contributed by atoms with Crippen LogP contribution in [0.5, 0.6) is 0 Å². The zero-order chi connectivity index (χ0) is 46.5. The van der Waals surface area contributed by atoms with Crippen LogP contribution in [-0.4, -0.2) is 47.4 Å². The third-order valence-corrected chi connectivity index (χ3v) is 12.9. The fourth-order valence-corrected chi connectivity index (χ4v) is 8.55. The van der Waals surface area contributed by atoms with Gasteiger partial charge in [-0.3, -0.25) is 9.59 Å². The molecule has 1 amide bonds.